The summed E-state index contributed by atoms with van der Waals surface area (Å²) in [5.41, 5.74) is 6.33. The minimum Gasteiger partial charge on any atom is -0.497 e. The van der Waals surface area contributed by atoms with Crippen LogP contribution >= 0.6 is 0 Å². The molecule has 1 unspecified atom stereocenters. The summed E-state index contributed by atoms with van der Waals surface area (Å²) in [7, 11) is 1.59. The van der Waals surface area contributed by atoms with Crippen LogP contribution in [0.3, 0.4) is 0 Å². The summed E-state index contributed by atoms with van der Waals surface area (Å²) in [5.74, 6) is 0.735. The number of amides is 1. The Morgan fingerprint density at radius 3 is 2.71 bits per heavy atom. The summed E-state index contributed by atoms with van der Waals surface area (Å²) in [6.45, 7) is 4.33. The van der Waals surface area contributed by atoms with Crippen molar-refractivity contribution >= 4 is 11.6 Å². The Hall–Kier alpha value is -1.55. The summed E-state index contributed by atoms with van der Waals surface area (Å²) < 4.78 is 5.09. The predicted molar refractivity (Wildman–Crippen MR) is 69.0 cm³/mol. The molecule has 0 saturated heterocycles. The largest absolute Gasteiger partial charge is 0.497 e. The van der Waals surface area contributed by atoms with Gasteiger partial charge in [-0.3, -0.25) is 4.79 Å². The highest BCUT2D eigenvalue weighted by atomic mass is 16.5. The highest BCUT2D eigenvalue weighted by Gasteiger charge is 2.20. The third-order valence-electron chi connectivity index (χ3n) is 2.73. The van der Waals surface area contributed by atoms with E-state index in [2.05, 4.69) is 5.32 Å². The van der Waals surface area contributed by atoms with Crippen LogP contribution in [0.25, 0.3) is 0 Å². The van der Waals surface area contributed by atoms with Crippen molar-refractivity contribution in [3.05, 3.63) is 24.3 Å². The fourth-order valence-electron chi connectivity index (χ4n) is 1.62. The number of nitrogens with one attached hydrogen (secondary N) is 1. The first-order valence-corrected chi connectivity index (χ1v) is 5.73. The Labute approximate surface area is 102 Å². The molecule has 1 rings (SSSR count). The van der Waals surface area contributed by atoms with Gasteiger partial charge in [0.15, 0.2) is 0 Å². The first-order valence-electron chi connectivity index (χ1n) is 5.73. The van der Waals surface area contributed by atoms with Gasteiger partial charge in [-0.15, -0.1) is 0 Å². The van der Waals surface area contributed by atoms with E-state index in [0.29, 0.717) is 6.54 Å². The van der Waals surface area contributed by atoms with E-state index >= 15 is 0 Å². The van der Waals surface area contributed by atoms with E-state index in [9.17, 15) is 4.79 Å². The molecule has 0 radical (unpaired) electrons. The zero-order chi connectivity index (χ0) is 12.8. The zero-order valence-corrected chi connectivity index (χ0v) is 10.6. The molecule has 4 heteroatoms. The minimum atomic E-state index is -0.166. The Bertz CT molecular complexity index is 377. The van der Waals surface area contributed by atoms with Crippen molar-refractivity contribution in [2.75, 3.05) is 19.0 Å². The number of hydrogen-bond acceptors (Lipinski definition) is 3. The molecule has 0 fully saturated rings. The van der Waals surface area contributed by atoms with Gasteiger partial charge in [-0.25, -0.2) is 0 Å². The van der Waals surface area contributed by atoms with Gasteiger partial charge in [0, 0.05) is 18.3 Å². The van der Waals surface area contributed by atoms with Gasteiger partial charge in [0.05, 0.1) is 13.0 Å². The Morgan fingerprint density at radius 1 is 1.47 bits per heavy atom. The molecule has 1 atom stereocenters. The van der Waals surface area contributed by atoms with Crippen LogP contribution < -0.4 is 15.8 Å². The van der Waals surface area contributed by atoms with E-state index < -0.39 is 0 Å². The van der Waals surface area contributed by atoms with E-state index in [1.54, 1.807) is 13.2 Å². The molecule has 0 aliphatic rings. The number of carbonyl (C=O) groups is 1. The lowest BCUT2D eigenvalue weighted by Gasteiger charge is -2.18. The maximum absolute atomic E-state index is 12.0. The maximum atomic E-state index is 12.0. The number of benzene rings is 1. The number of anilines is 1. The van der Waals surface area contributed by atoms with Crippen molar-refractivity contribution in [1.82, 2.24) is 0 Å². The molecule has 17 heavy (non-hydrogen) atoms. The maximum Gasteiger partial charge on any atom is 0.229 e. The Morgan fingerprint density at radius 2 is 2.18 bits per heavy atom. The van der Waals surface area contributed by atoms with Crippen LogP contribution in [-0.4, -0.2) is 19.6 Å². The zero-order valence-electron chi connectivity index (χ0n) is 10.6. The SMILES string of the molecule is COc1cccc(NC(=O)C(CN)C(C)C)c1. The van der Waals surface area contributed by atoms with Crippen LogP contribution in [0.15, 0.2) is 24.3 Å². The summed E-state index contributed by atoms with van der Waals surface area (Å²) in [5, 5.41) is 2.85. The molecule has 0 bridgehead atoms. The van der Waals surface area contributed by atoms with Crippen molar-refractivity contribution in [3.8, 4) is 5.75 Å². The third-order valence-corrected chi connectivity index (χ3v) is 2.73. The van der Waals surface area contributed by atoms with Crippen LogP contribution in [0.4, 0.5) is 5.69 Å². The smallest absolute Gasteiger partial charge is 0.229 e. The molecule has 0 aromatic heterocycles. The fraction of sp³-hybridized carbons (Fsp3) is 0.462. The molecule has 1 aromatic rings. The molecule has 94 valence electrons. The lowest BCUT2D eigenvalue weighted by atomic mass is 9.95. The Balaban J connectivity index is 2.72. The van der Waals surface area contributed by atoms with Crippen molar-refractivity contribution in [2.24, 2.45) is 17.6 Å². The lowest BCUT2D eigenvalue weighted by molar-refractivity contribution is -0.120. The number of nitrogens with two attached hydrogens (primary N) is 1. The van der Waals surface area contributed by atoms with Crippen molar-refractivity contribution < 1.29 is 9.53 Å². The summed E-state index contributed by atoms with van der Waals surface area (Å²) in [6.07, 6.45) is 0. The van der Waals surface area contributed by atoms with E-state index in [1.165, 1.54) is 0 Å². The Kier molecular flexibility index (Phi) is 4.97. The normalized spacial score (nSPS) is 12.3. The number of hydrogen-bond donors (Lipinski definition) is 2. The minimum absolute atomic E-state index is 0.0456. The van der Waals surface area contributed by atoms with Crippen molar-refractivity contribution in [2.45, 2.75) is 13.8 Å². The van der Waals surface area contributed by atoms with E-state index in [0.717, 1.165) is 11.4 Å². The summed E-state index contributed by atoms with van der Waals surface area (Å²) in [6, 6.07) is 7.28. The highest BCUT2D eigenvalue weighted by Crippen LogP contribution is 2.18. The molecule has 1 aromatic carbocycles. The van der Waals surface area contributed by atoms with Gasteiger partial charge in [-0.1, -0.05) is 19.9 Å². The molecule has 0 spiro atoms. The summed E-state index contributed by atoms with van der Waals surface area (Å²) in [4.78, 5) is 12.0. The van der Waals surface area contributed by atoms with Gasteiger partial charge in [-0.2, -0.15) is 0 Å². The van der Waals surface area contributed by atoms with Gasteiger partial charge < -0.3 is 15.8 Å². The van der Waals surface area contributed by atoms with Gasteiger partial charge in [0.2, 0.25) is 5.91 Å². The van der Waals surface area contributed by atoms with Crippen LogP contribution in [0.2, 0.25) is 0 Å². The van der Waals surface area contributed by atoms with Gasteiger partial charge in [0.25, 0.3) is 0 Å². The topological polar surface area (TPSA) is 64.3 Å². The third kappa shape index (κ3) is 3.75. The van der Waals surface area contributed by atoms with Crippen LogP contribution in [-0.2, 0) is 4.79 Å². The molecule has 0 heterocycles. The molecule has 4 nitrogen and oxygen atoms in total. The van der Waals surface area contributed by atoms with E-state index in [1.807, 2.05) is 32.0 Å². The highest BCUT2D eigenvalue weighted by molar-refractivity contribution is 5.93. The van der Waals surface area contributed by atoms with Crippen LogP contribution in [0, 0.1) is 11.8 Å². The molecule has 0 aliphatic heterocycles. The van der Waals surface area contributed by atoms with Gasteiger partial charge in [0.1, 0.15) is 5.75 Å². The van der Waals surface area contributed by atoms with Crippen molar-refractivity contribution in [3.63, 3.8) is 0 Å². The average Bonchev–Trinajstić information content (AvgIpc) is 2.29. The summed E-state index contributed by atoms with van der Waals surface area (Å²) >= 11 is 0. The van der Waals surface area contributed by atoms with Crippen molar-refractivity contribution in [1.29, 1.82) is 0 Å². The average molecular weight is 236 g/mol. The second-order valence-corrected chi connectivity index (χ2v) is 4.31. The molecule has 3 N–H and O–H groups in total. The standard InChI is InChI=1S/C13H20N2O2/c1-9(2)12(8-14)13(16)15-10-5-4-6-11(7-10)17-3/h4-7,9,12H,8,14H2,1-3H3,(H,15,16). The van der Waals surface area contributed by atoms with Crippen LogP contribution in [0.5, 0.6) is 5.75 Å². The van der Waals surface area contributed by atoms with E-state index in [-0.39, 0.29) is 17.7 Å². The first-order chi connectivity index (χ1) is 8.08. The van der Waals surface area contributed by atoms with E-state index in [4.69, 9.17) is 10.5 Å². The predicted octanol–water partition coefficient (Wildman–Crippen LogP) is 1.86. The number of ether oxygens (including phenoxy) is 1. The molecule has 0 saturated carbocycles. The molecule has 0 aliphatic carbocycles. The number of rotatable bonds is 5. The molecular weight excluding hydrogens is 216 g/mol. The quantitative estimate of drug-likeness (QED) is 0.820. The monoisotopic (exact) mass is 236 g/mol. The molecule has 1 amide bonds. The van der Waals surface area contributed by atoms with Gasteiger partial charge in [-0.05, 0) is 18.1 Å². The van der Waals surface area contributed by atoms with Gasteiger partial charge >= 0.3 is 0 Å². The number of carbonyl (C=O) groups excluding carboxylic acids is 1. The molecular formula is C13H20N2O2. The van der Waals surface area contributed by atoms with Crippen LogP contribution in [0.1, 0.15) is 13.8 Å². The number of methoxy groups -OCH3 is 1. The first kappa shape index (κ1) is 13.5. The fourth-order valence-corrected chi connectivity index (χ4v) is 1.62. The second-order valence-electron chi connectivity index (χ2n) is 4.31. The lowest BCUT2D eigenvalue weighted by Crippen LogP contribution is -2.33. The second kappa shape index (κ2) is 6.25.